The molecule has 2 aromatic carbocycles. The van der Waals surface area contributed by atoms with E-state index in [1.165, 1.54) is 24.2 Å². The molecular formula is C27H31N3O4S. The molecule has 8 heteroatoms. The van der Waals surface area contributed by atoms with Crippen LogP contribution in [0.2, 0.25) is 0 Å². The zero-order valence-electron chi connectivity index (χ0n) is 20.3. The van der Waals surface area contributed by atoms with Crippen LogP contribution in [0.5, 0.6) is 0 Å². The molecule has 2 aliphatic heterocycles. The molecule has 2 atom stereocenters. The molecule has 2 aliphatic rings. The summed E-state index contributed by atoms with van der Waals surface area (Å²) in [5.74, 6) is 0.0145. The molecule has 0 saturated carbocycles. The Morgan fingerprint density at radius 1 is 1.14 bits per heavy atom. The van der Waals surface area contributed by atoms with Gasteiger partial charge in [-0.15, -0.1) is 0 Å². The highest BCUT2D eigenvalue weighted by molar-refractivity contribution is 8.15. The molecule has 0 radical (unpaired) electrons. The van der Waals surface area contributed by atoms with Gasteiger partial charge in [0, 0.05) is 24.3 Å². The number of hydrogen-bond acceptors (Lipinski definition) is 6. The van der Waals surface area contributed by atoms with E-state index in [0.717, 1.165) is 18.5 Å². The van der Waals surface area contributed by atoms with E-state index in [2.05, 4.69) is 31.3 Å². The number of thioether (sulfide) groups is 1. The number of rotatable bonds is 8. The van der Waals surface area contributed by atoms with Crippen molar-refractivity contribution in [3.63, 3.8) is 0 Å². The summed E-state index contributed by atoms with van der Waals surface area (Å²) in [7, 11) is 0. The van der Waals surface area contributed by atoms with Gasteiger partial charge in [0.05, 0.1) is 18.3 Å². The molecule has 0 aliphatic carbocycles. The number of Topliss-reactive ketones (excluding diaryl/α,β-unsaturated/α-hetero) is 1. The maximum atomic E-state index is 13.3. The summed E-state index contributed by atoms with van der Waals surface area (Å²) >= 11 is 1.33. The minimum atomic E-state index is -0.554. The van der Waals surface area contributed by atoms with Gasteiger partial charge >= 0.3 is 0 Å². The van der Waals surface area contributed by atoms with E-state index in [1.807, 2.05) is 12.1 Å². The molecule has 2 unspecified atom stereocenters. The molecule has 2 amide bonds. The van der Waals surface area contributed by atoms with Crippen molar-refractivity contribution in [3.8, 4) is 0 Å². The lowest BCUT2D eigenvalue weighted by atomic mass is 10.0. The number of amides is 2. The van der Waals surface area contributed by atoms with Gasteiger partial charge in [-0.2, -0.15) is 0 Å². The quantitative estimate of drug-likeness (QED) is 0.514. The van der Waals surface area contributed by atoms with Gasteiger partial charge in [-0.3, -0.25) is 19.3 Å². The maximum absolute atomic E-state index is 13.3. The van der Waals surface area contributed by atoms with Crippen molar-refractivity contribution in [2.24, 2.45) is 4.99 Å². The number of aliphatic imine (C=N–C) groups is 1. The molecule has 2 aromatic rings. The smallest absolute Gasteiger partial charge is 0.242 e. The van der Waals surface area contributed by atoms with Crippen LogP contribution in [0.15, 0.2) is 53.5 Å². The third-order valence-electron chi connectivity index (χ3n) is 6.16. The number of carbonyl (C=O) groups is 3. The van der Waals surface area contributed by atoms with Crippen molar-refractivity contribution < 1.29 is 19.1 Å². The van der Waals surface area contributed by atoms with Crippen LogP contribution < -0.4 is 5.32 Å². The second-order valence-corrected chi connectivity index (χ2v) is 10.4. The van der Waals surface area contributed by atoms with E-state index in [9.17, 15) is 14.4 Å². The highest BCUT2D eigenvalue weighted by Gasteiger charge is 2.40. The Balaban J connectivity index is 1.47. The van der Waals surface area contributed by atoms with Crippen LogP contribution in [0.1, 0.15) is 61.9 Å². The van der Waals surface area contributed by atoms with Crippen LogP contribution in [0, 0.1) is 0 Å². The summed E-state index contributed by atoms with van der Waals surface area (Å²) in [5.41, 5.74) is 3.17. The topological polar surface area (TPSA) is 88.1 Å². The predicted molar refractivity (Wildman–Crippen MR) is 139 cm³/mol. The highest BCUT2D eigenvalue weighted by Crippen LogP contribution is 2.33. The Morgan fingerprint density at radius 3 is 2.46 bits per heavy atom. The van der Waals surface area contributed by atoms with Gasteiger partial charge in [-0.05, 0) is 67.6 Å². The molecule has 2 saturated heterocycles. The first-order valence-corrected chi connectivity index (χ1v) is 12.9. The monoisotopic (exact) mass is 493 g/mol. The Bertz CT molecular complexity index is 1110. The minimum absolute atomic E-state index is 0.0135. The second-order valence-electron chi connectivity index (χ2n) is 9.22. The standard InChI is InChI=1S/C27H31N3O4S/c1-17(2)19-6-10-22(11-7-19)29-27-30(16-23-5-4-14-34-23)26(33)24(35-27)15-25(32)28-21-12-8-20(9-13-21)18(3)31/h6-13,17,23-24H,4-5,14-16H2,1-3H3,(H,28,32). The van der Waals surface area contributed by atoms with Gasteiger partial charge in [0.15, 0.2) is 11.0 Å². The summed E-state index contributed by atoms with van der Waals surface area (Å²) in [6, 6.07) is 14.8. The molecular weight excluding hydrogens is 462 g/mol. The van der Waals surface area contributed by atoms with Crippen LogP contribution in [0.3, 0.4) is 0 Å². The minimum Gasteiger partial charge on any atom is -0.376 e. The van der Waals surface area contributed by atoms with E-state index >= 15 is 0 Å². The van der Waals surface area contributed by atoms with E-state index < -0.39 is 5.25 Å². The average molecular weight is 494 g/mol. The van der Waals surface area contributed by atoms with Crippen LogP contribution >= 0.6 is 11.8 Å². The fourth-order valence-corrected chi connectivity index (χ4v) is 5.27. The Labute approximate surface area is 210 Å². The molecule has 2 heterocycles. The number of carbonyl (C=O) groups excluding carboxylic acids is 3. The van der Waals surface area contributed by atoms with Gasteiger partial charge in [-0.1, -0.05) is 37.7 Å². The van der Waals surface area contributed by atoms with Gasteiger partial charge in [0.25, 0.3) is 0 Å². The lowest BCUT2D eigenvalue weighted by molar-refractivity contribution is -0.129. The van der Waals surface area contributed by atoms with Crippen molar-refractivity contribution in [1.29, 1.82) is 0 Å². The van der Waals surface area contributed by atoms with E-state index in [0.29, 0.717) is 35.5 Å². The van der Waals surface area contributed by atoms with Crippen molar-refractivity contribution in [2.75, 3.05) is 18.5 Å². The molecule has 35 heavy (non-hydrogen) atoms. The predicted octanol–water partition coefficient (Wildman–Crippen LogP) is 5.15. The molecule has 7 nitrogen and oxygen atoms in total. The Hall–Kier alpha value is -2.97. The van der Waals surface area contributed by atoms with Gasteiger partial charge in [-0.25, -0.2) is 4.99 Å². The number of anilines is 1. The molecule has 2 fully saturated rings. The maximum Gasteiger partial charge on any atom is 0.242 e. The zero-order chi connectivity index (χ0) is 24.9. The number of nitrogens with one attached hydrogen (secondary N) is 1. The summed E-state index contributed by atoms with van der Waals surface area (Å²) in [6.07, 6.45) is 1.91. The van der Waals surface area contributed by atoms with E-state index in [4.69, 9.17) is 9.73 Å². The van der Waals surface area contributed by atoms with Crippen molar-refractivity contribution in [1.82, 2.24) is 4.90 Å². The third kappa shape index (κ3) is 6.38. The first-order chi connectivity index (χ1) is 16.8. The summed E-state index contributed by atoms with van der Waals surface area (Å²) in [6.45, 7) is 6.93. The first kappa shape index (κ1) is 25.1. The summed E-state index contributed by atoms with van der Waals surface area (Å²) < 4.78 is 5.76. The van der Waals surface area contributed by atoms with Gasteiger partial charge < -0.3 is 10.1 Å². The van der Waals surface area contributed by atoms with Crippen molar-refractivity contribution >= 4 is 45.9 Å². The first-order valence-electron chi connectivity index (χ1n) is 12.0. The highest BCUT2D eigenvalue weighted by atomic mass is 32.2. The number of ketones is 1. The number of amidine groups is 1. The number of benzene rings is 2. The second kappa shape index (κ2) is 11.2. The SMILES string of the molecule is CC(=O)c1ccc(NC(=O)CC2SC(=Nc3ccc(C(C)C)cc3)N(CC3CCCO3)C2=O)cc1. The number of hydrogen-bond donors (Lipinski definition) is 1. The molecule has 0 bridgehead atoms. The fraction of sp³-hybridized carbons (Fsp3) is 0.407. The molecule has 184 valence electrons. The van der Waals surface area contributed by atoms with Crippen LogP contribution in [-0.4, -0.2) is 52.2 Å². The molecule has 0 aromatic heterocycles. The lowest BCUT2D eigenvalue weighted by Gasteiger charge is -2.20. The summed E-state index contributed by atoms with van der Waals surface area (Å²) in [5, 5.41) is 2.87. The van der Waals surface area contributed by atoms with Crippen LogP contribution in [-0.2, 0) is 14.3 Å². The van der Waals surface area contributed by atoms with Crippen molar-refractivity contribution in [3.05, 3.63) is 59.7 Å². The number of ether oxygens (including phenoxy) is 1. The largest absolute Gasteiger partial charge is 0.376 e. The van der Waals surface area contributed by atoms with Gasteiger partial charge in [0.1, 0.15) is 5.25 Å². The summed E-state index contributed by atoms with van der Waals surface area (Å²) in [4.78, 5) is 43.9. The Kier molecular flexibility index (Phi) is 8.03. The normalized spacial score (nSPS) is 21.2. The molecule has 4 rings (SSSR count). The third-order valence-corrected chi connectivity index (χ3v) is 7.34. The van der Waals surface area contributed by atoms with E-state index in [1.54, 1.807) is 29.2 Å². The lowest BCUT2D eigenvalue weighted by Crippen LogP contribution is -2.38. The van der Waals surface area contributed by atoms with Crippen LogP contribution in [0.4, 0.5) is 11.4 Å². The zero-order valence-corrected chi connectivity index (χ0v) is 21.1. The fourth-order valence-electron chi connectivity index (χ4n) is 4.10. The molecule has 0 spiro atoms. The average Bonchev–Trinajstić information content (AvgIpc) is 3.44. The number of nitrogens with zero attached hydrogens (tertiary/aromatic N) is 2. The molecule has 1 N–H and O–H groups in total. The van der Waals surface area contributed by atoms with Gasteiger partial charge in [0.2, 0.25) is 11.8 Å². The van der Waals surface area contributed by atoms with Crippen molar-refractivity contribution in [2.45, 2.75) is 57.3 Å². The van der Waals surface area contributed by atoms with E-state index in [-0.39, 0.29) is 30.1 Å². The van der Waals surface area contributed by atoms with Crippen LogP contribution in [0.25, 0.3) is 0 Å². The Morgan fingerprint density at radius 2 is 1.86 bits per heavy atom.